The van der Waals surface area contributed by atoms with E-state index >= 15 is 0 Å². The Labute approximate surface area is 184 Å². The Morgan fingerprint density at radius 2 is 1.56 bits per heavy atom. The first-order chi connectivity index (χ1) is 14.8. The van der Waals surface area contributed by atoms with E-state index in [4.69, 9.17) is 5.11 Å². The molecular weight excluding hydrogens is 418 g/mol. The van der Waals surface area contributed by atoms with E-state index in [-0.39, 0.29) is 17.1 Å². The molecule has 5 N–H and O–H groups in total. The molecule has 0 bridgehead atoms. The van der Waals surface area contributed by atoms with Gasteiger partial charge in [0.15, 0.2) is 5.75 Å². The van der Waals surface area contributed by atoms with Crippen molar-refractivity contribution in [2.75, 3.05) is 6.54 Å². The number of amides is 2. The molecule has 10 heteroatoms. The van der Waals surface area contributed by atoms with Crippen LogP contribution in [0.1, 0.15) is 60.9 Å². The van der Waals surface area contributed by atoms with E-state index in [1.807, 2.05) is 26.1 Å². The van der Waals surface area contributed by atoms with Gasteiger partial charge in [0.25, 0.3) is 17.4 Å². The molecule has 2 rings (SSSR count). The van der Waals surface area contributed by atoms with Crippen molar-refractivity contribution in [1.82, 2.24) is 15.2 Å². The zero-order valence-electron chi connectivity index (χ0n) is 18.5. The monoisotopic (exact) mass is 445 g/mol. The van der Waals surface area contributed by atoms with E-state index in [2.05, 4.69) is 5.32 Å². The van der Waals surface area contributed by atoms with Gasteiger partial charge in [-0.15, -0.1) is 0 Å². The van der Waals surface area contributed by atoms with E-state index in [0.29, 0.717) is 0 Å². The van der Waals surface area contributed by atoms with E-state index in [0.717, 1.165) is 10.1 Å². The zero-order valence-corrected chi connectivity index (χ0v) is 18.5. The van der Waals surface area contributed by atoms with Crippen molar-refractivity contribution in [2.45, 2.75) is 46.1 Å². The predicted molar refractivity (Wildman–Crippen MR) is 117 cm³/mol. The van der Waals surface area contributed by atoms with Gasteiger partial charge < -0.3 is 26.0 Å². The van der Waals surface area contributed by atoms with Gasteiger partial charge in [0, 0.05) is 6.04 Å². The molecule has 0 atom stereocenters. The number of aliphatic carboxylic acids is 1. The molecule has 1 aromatic carbocycles. The summed E-state index contributed by atoms with van der Waals surface area (Å²) in [6.45, 7) is 8.45. The molecule has 0 saturated heterocycles. The van der Waals surface area contributed by atoms with Crippen LogP contribution in [0.2, 0.25) is 0 Å². The first-order valence-corrected chi connectivity index (χ1v) is 9.88. The maximum atomic E-state index is 13.1. The number of benzene rings is 1. The van der Waals surface area contributed by atoms with Gasteiger partial charge in [0.2, 0.25) is 5.88 Å². The Morgan fingerprint density at radius 1 is 1.00 bits per heavy atom. The van der Waals surface area contributed by atoms with Gasteiger partial charge in [0.1, 0.15) is 17.7 Å². The Bertz CT molecular complexity index is 1110. The van der Waals surface area contributed by atoms with E-state index in [1.165, 1.54) is 12.1 Å². The topological polar surface area (TPSA) is 158 Å². The molecule has 10 nitrogen and oxygen atoms in total. The Morgan fingerprint density at radius 3 is 2.03 bits per heavy atom. The summed E-state index contributed by atoms with van der Waals surface area (Å²) in [6, 6.07) is 6.13. The highest BCUT2D eigenvalue weighted by molar-refractivity contribution is 6.05. The number of carboxylic acid groups (broad SMARTS) is 1. The Balaban J connectivity index is 2.79. The fourth-order valence-corrected chi connectivity index (χ4v) is 2.99. The van der Waals surface area contributed by atoms with Crippen LogP contribution in [0.3, 0.4) is 0 Å². The van der Waals surface area contributed by atoms with Gasteiger partial charge in [-0.3, -0.25) is 19.2 Å². The minimum absolute atomic E-state index is 0.145. The number of carboxylic acids is 1. The number of nitrogens with zero attached hydrogens (tertiary/aromatic N) is 1. The molecule has 0 aliphatic rings. The average molecular weight is 445 g/mol. The molecule has 0 aliphatic carbocycles. The van der Waals surface area contributed by atoms with Crippen LogP contribution in [0.15, 0.2) is 29.1 Å². The van der Waals surface area contributed by atoms with Crippen LogP contribution < -0.4 is 16.2 Å². The Hall–Kier alpha value is -3.82. The SMILES string of the molecule is CC(C)NC(=O)c1c(O)c(C(=O)NCC(=O)O)c(O)n(-c2ccc(C(C)(C)C)cc2)c1=O. The fourth-order valence-electron chi connectivity index (χ4n) is 2.99. The third-order valence-electron chi connectivity index (χ3n) is 4.59. The summed E-state index contributed by atoms with van der Waals surface area (Å²) < 4.78 is 0.719. The van der Waals surface area contributed by atoms with Crippen LogP contribution >= 0.6 is 0 Å². The normalized spacial score (nSPS) is 11.3. The number of aromatic hydroxyl groups is 2. The smallest absolute Gasteiger partial charge is 0.322 e. The van der Waals surface area contributed by atoms with Gasteiger partial charge in [-0.1, -0.05) is 32.9 Å². The summed E-state index contributed by atoms with van der Waals surface area (Å²) in [6.07, 6.45) is 0. The number of hydrogen-bond acceptors (Lipinski definition) is 6. The molecule has 0 radical (unpaired) electrons. The lowest BCUT2D eigenvalue weighted by atomic mass is 9.87. The van der Waals surface area contributed by atoms with Gasteiger partial charge in [0.05, 0.1) is 5.69 Å². The van der Waals surface area contributed by atoms with Gasteiger partial charge in [-0.2, -0.15) is 0 Å². The highest BCUT2D eigenvalue weighted by Crippen LogP contribution is 2.31. The van der Waals surface area contributed by atoms with Gasteiger partial charge in [-0.25, -0.2) is 4.57 Å². The highest BCUT2D eigenvalue weighted by atomic mass is 16.4. The highest BCUT2D eigenvalue weighted by Gasteiger charge is 2.30. The average Bonchev–Trinajstić information content (AvgIpc) is 2.65. The number of carbonyl (C=O) groups is 3. The first kappa shape index (κ1) is 24.4. The molecule has 0 spiro atoms. The molecule has 0 fully saturated rings. The predicted octanol–water partition coefficient (Wildman–Crippen LogP) is 1.50. The molecule has 0 saturated carbocycles. The molecular formula is C22H27N3O7. The third-order valence-corrected chi connectivity index (χ3v) is 4.59. The van der Waals surface area contributed by atoms with Crippen molar-refractivity contribution in [3.8, 4) is 17.3 Å². The summed E-state index contributed by atoms with van der Waals surface area (Å²) >= 11 is 0. The summed E-state index contributed by atoms with van der Waals surface area (Å²) in [4.78, 5) is 49.1. The van der Waals surface area contributed by atoms with E-state index in [1.54, 1.807) is 26.0 Å². The third kappa shape index (κ3) is 5.08. The number of hydrogen-bond donors (Lipinski definition) is 5. The minimum Gasteiger partial charge on any atom is -0.506 e. The lowest BCUT2D eigenvalue weighted by molar-refractivity contribution is -0.135. The second-order valence-corrected chi connectivity index (χ2v) is 8.56. The molecule has 2 aromatic rings. The largest absolute Gasteiger partial charge is 0.506 e. The second-order valence-electron chi connectivity index (χ2n) is 8.56. The summed E-state index contributed by atoms with van der Waals surface area (Å²) in [7, 11) is 0. The molecule has 172 valence electrons. The van der Waals surface area contributed by atoms with Crippen molar-refractivity contribution in [2.24, 2.45) is 0 Å². The van der Waals surface area contributed by atoms with Crippen LogP contribution in [0, 0.1) is 0 Å². The first-order valence-electron chi connectivity index (χ1n) is 9.88. The molecule has 1 heterocycles. The van der Waals surface area contributed by atoms with Crippen molar-refractivity contribution in [3.63, 3.8) is 0 Å². The van der Waals surface area contributed by atoms with E-state index in [9.17, 15) is 29.4 Å². The summed E-state index contributed by atoms with van der Waals surface area (Å²) in [5, 5.41) is 34.5. The summed E-state index contributed by atoms with van der Waals surface area (Å²) in [5.74, 6) is -5.45. The van der Waals surface area contributed by atoms with Crippen molar-refractivity contribution in [3.05, 3.63) is 51.3 Å². The standard InChI is InChI=1S/C22H27N3O7/c1-11(2)24-19(30)16-17(28)15(18(29)23-10-14(26)27)20(31)25(21(16)32)13-8-6-12(7-9-13)22(3,4)5/h6-9,11,28,31H,10H2,1-5H3,(H,23,29)(H,24,30)(H,26,27). The van der Waals surface area contributed by atoms with Crippen LogP contribution in [0.5, 0.6) is 11.6 Å². The number of carbonyl (C=O) groups excluding carboxylic acids is 2. The number of rotatable bonds is 6. The van der Waals surface area contributed by atoms with E-state index < -0.39 is 52.6 Å². The summed E-state index contributed by atoms with van der Waals surface area (Å²) in [5.41, 5.74) is -1.70. The van der Waals surface area contributed by atoms with Crippen molar-refractivity contribution < 1.29 is 29.7 Å². The van der Waals surface area contributed by atoms with Gasteiger partial charge in [-0.05, 0) is 37.0 Å². The number of nitrogens with one attached hydrogen (secondary N) is 2. The lowest BCUT2D eigenvalue weighted by Gasteiger charge is -2.20. The van der Waals surface area contributed by atoms with Crippen LogP contribution in [0.25, 0.3) is 5.69 Å². The minimum atomic E-state index is -1.36. The zero-order chi connectivity index (χ0) is 24.4. The second kappa shape index (κ2) is 9.13. The molecule has 0 aliphatic heterocycles. The molecule has 0 unspecified atom stereocenters. The molecule has 2 amide bonds. The lowest BCUT2D eigenvalue weighted by Crippen LogP contribution is -2.38. The molecule has 1 aromatic heterocycles. The fraction of sp³-hybridized carbons (Fsp3) is 0.364. The van der Waals surface area contributed by atoms with Gasteiger partial charge >= 0.3 is 5.97 Å². The van der Waals surface area contributed by atoms with Crippen molar-refractivity contribution in [1.29, 1.82) is 0 Å². The number of aromatic nitrogens is 1. The Kier molecular flexibility index (Phi) is 6.97. The maximum Gasteiger partial charge on any atom is 0.322 e. The quantitative estimate of drug-likeness (QED) is 0.451. The van der Waals surface area contributed by atoms with Crippen LogP contribution in [0.4, 0.5) is 0 Å². The molecule has 32 heavy (non-hydrogen) atoms. The van der Waals surface area contributed by atoms with Crippen LogP contribution in [-0.2, 0) is 10.2 Å². The maximum absolute atomic E-state index is 13.1. The number of pyridine rings is 1. The van der Waals surface area contributed by atoms with Crippen molar-refractivity contribution >= 4 is 17.8 Å². The van der Waals surface area contributed by atoms with Crippen LogP contribution in [-0.4, -0.2) is 50.3 Å².